The maximum atomic E-state index is 4.21. The lowest BCUT2D eigenvalue weighted by molar-refractivity contribution is 0.864. The van der Waals surface area contributed by atoms with Gasteiger partial charge in [0, 0.05) is 12.8 Å². The highest BCUT2D eigenvalue weighted by molar-refractivity contribution is 5.99. The van der Waals surface area contributed by atoms with E-state index >= 15 is 0 Å². The van der Waals surface area contributed by atoms with Gasteiger partial charge in [-0.25, -0.2) is 0 Å². The van der Waals surface area contributed by atoms with E-state index in [-0.39, 0.29) is 0 Å². The Morgan fingerprint density at radius 3 is 2.36 bits per heavy atom. The Balaban J connectivity index is 3.14. The van der Waals surface area contributed by atoms with Crippen molar-refractivity contribution in [2.24, 2.45) is 4.99 Å². The van der Waals surface area contributed by atoms with E-state index in [1.807, 2.05) is 7.05 Å². The lowest BCUT2D eigenvalue weighted by Gasteiger charge is -2.10. The smallest absolute Gasteiger partial charge is 0.0388 e. The zero-order chi connectivity index (χ0) is 10.7. The molecule has 1 aromatic rings. The SMILES string of the molecule is CN=C(C)c1ccc(C(C)C)cc1C. The Morgan fingerprint density at radius 1 is 1.29 bits per heavy atom. The van der Waals surface area contributed by atoms with E-state index in [4.69, 9.17) is 0 Å². The Labute approximate surface area is 86.9 Å². The predicted molar refractivity (Wildman–Crippen MR) is 63.4 cm³/mol. The van der Waals surface area contributed by atoms with E-state index in [2.05, 4.69) is 50.9 Å². The molecule has 0 aliphatic heterocycles. The van der Waals surface area contributed by atoms with Crippen molar-refractivity contribution >= 4 is 5.71 Å². The monoisotopic (exact) mass is 189 g/mol. The Bertz CT molecular complexity index is 348. The van der Waals surface area contributed by atoms with Crippen molar-refractivity contribution in [3.63, 3.8) is 0 Å². The first-order valence-corrected chi connectivity index (χ1v) is 5.10. The predicted octanol–water partition coefficient (Wildman–Crippen LogP) is 3.56. The molecular formula is C13H19N. The van der Waals surface area contributed by atoms with Gasteiger partial charge in [-0.3, -0.25) is 4.99 Å². The van der Waals surface area contributed by atoms with Crippen molar-refractivity contribution < 1.29 is 0 Å². The fourth-order valence-electron chi connectivity index (χ4n) is 1.57. The molecule has 0 saturated carbocycles. The van der Waals surface area contributed by atoms with Crippen LogP contribution >= 0.6 is 0 Å². The van der Waals surface area contributed by atoms with Crippen LogP contribution in [0.2, 0.25) is 0 Å². The Hall–Kier alpha value is -1.11. The minimum absolute atomic E-state index is 0.599. The molecule has 0 saturated heterocycles. The lowest BCUT2D eigenvalue weighted by atomic mass is 9.96. The lowest BCUT2D eigenvalue weighted by Crippen LogP contribution is -1.99. The van der Waals surface area contributed by atoms with Crippen molar-refractivity contribution in [3.05, 3.63) is 34.9 Å². The van der Waals surface area contributed by atoms with Crippen LogP contribution in [0.4, 0.5) is 0 Å². The van der Waals surface area contributed by atoms with Crippen LogP contribution in [-0.4, -0.2) is 12.8 Å². The molecule has 0 amide bonds. The second-order valence-corrected chi connectivity index (χ2v) is 4.04. The van der Waals surface area contributed by atoms with Gasteiger partial charge in [0.25, 0.3) is 0 Å². The summed E-state index contributed by atoms with van der Waals surface area (Å²) in [5, 5.41) is 0. The number of aliphatic imine (C=N–C) groups is 1. The van der Waals surface area contributed by atoms with E-state index in [9.17, 15) is 0 Å². The van der Waals surface area contributed by atoms with Crippen LogP contribution in [0.3, 0.4) is 0 Å². The molecule has 0 unspecified atom stereocenters. The summed E-state index contributed by atoms with van der Waals surface area (Å²) in [7, 11) is 1.84. The van der Waals surface area contributed by atoms with Gasteiger partial charge in [0.15, 0.2) is 0 Å². The number of rotatable bonds is 2. The summed E-state index contributed by atoms with van der Waals surface area (Å²) in [5.41, 5.74) is 5.09. The quantitative estimate of drug-likeness (QED) is 0.631. The third kappa shape index (κ3) is 2.22. The van der Waals surface area contributed by atoms with Crippen LogP contribution in [0.15, 0.2) is 23.2 Å². The molecule has 0 aliphatic rings. The average Bonchev–Trinajstić information content (AvgIpc) is 2.16. The summed E-state index contributed by atoms with van der Waals surface area (Å²) in [6.07, 6.45) is 0. The third-order valence-corrected chi connectivity index (χ3v) is 2.64. The Morgan fingerprint density at radius 2 is 1.93 bits per heavy atom. The van der Waals surface area contributed by atoms with Crippen LogP contribution in [0.25, 0.3) is 0 Å². The molecule has 1 rings (SSSR count). The first-order chi connectivity index (χ1) is 6.56. The van der Waals surface area contributed by atoms with Crippen molar-refractivity contribution in [2.75, 3.05) is 7.05 Å². The summed E-state index contributed by atoms with van der Waals surface area (Å²) in [5.74, 6) is 0.599. The van der Waals surface area contributed by atoms with E-state index in [1.54, 1.807) is 0 Å². The summed E-state index contributed by atoms with van der Waals surface area (Å²) < 4.78 is 0. The van der Waals surface area contributed by atoms with E-state index < -0.39 is 0 Å². The first kappa shape index (κ1) is 11.0. The van der Waals surface area contributed by atoms with Crippen molar-refractivity contribution in [1.82, 2.24) is 0 Å². The highest BCUT2D eigenvalue weighted by Crippen LogP contribution is 2.18. The number of hydrogen-bond donors (Lipinski definition) is 0. The normalized spacial score (nSPS) is 12.3. The first-order valence-electron chi connectivity index (χ1n) is 5.10. The largest absolute Gasteiger partial charge is 0.293 e. The fourth-order valence-corrected chi connectivity index (χ4v) is 1.57. The second-order valence-electron chi connectivity index (χ2n) is 4.04. The highest BCUT2D eigenvalue weighted by Gasteiger charge is 2.04. The zero-order valence-corrected chi connectivity index (χ0v) is 9.76. The minimum atomic E-state index is 0.599. The molecule has 0 bridgehead atoms. The summed E-state index contributed by atoms with van der Waals surface area (Å²) in [6.45, 7) is 8.64. The van der Waals surface area contributed by atoms with E-state index in [1.165, 1.54) is 16.7 Å². The van der Waals surface area contributed by atoms with E-state index in [0.717, 1.165) is 5.71 Å². The van der Waals surface area contributed by atoms with Gasteiger partial charge in [-0.1, -0.05) is 32.0 Å². The molecule has 0 aliphatic carbocycles. The van der Waals surface area contributed by atoms with Crippen molar-refractivity contribution in [3.8, 4) is 0 Å². The topological polar surface area (TPSA) is 12.4 Å². The summed E-state index contributed by atoms with van der Waals surface area (Å²) in [6, 6.07) is 6.63. The maximum Gasteiger partial charge on any atom is 0.0388 e. The van der Waals surface area contributed by atoms with Gasteiger partial charge in [-0.2, -0.15) is 0 Å². The Kier molecular flexibility index (Phi) is 3.45. The minimum Gasteiger partial charge on any atom is -0.293 e. The van der Waals surface area contributed by atoms with E-state index in [0.29, 0.717) is 5.92 Å². The third-order valence-electron chi connectivity index (χ3n) is 2.64. The van der Waals surface area contributed by atoms with Gasteiger partial charge in [-0.15, -0.1) is 0 Å². The van der Waals surface area contributed by atoms with Gasteiger partial charge in [0.05, 0.1) is 0 Å². The molecule has 0 fully saturated rings. The van der Waals surface area contributed by atoms with Crippen LogP contribution in [0.5, 0.6) is 0 Å². The standard InChI is InChI=1S/C13H19N/c1-9(2)12-6-7-13(10(3)8-12)11(4)14-5/h6-9H,1-5H3. The van der Waals surface area contributed by atoms with Gasteiger partial charge < -0.3 is 0 Å². The number of nitrogens with zero attached hydrogens (tertiary/aromatic N) is 1. The highest BCUT2D eigenvalue weighted by atomic mass is 14.7. The van der Waals surface area contributed by atoms with Crippen LogP contribution < -0.4 is 0 Å². The second kappa shape index (κ2) is 4.41. The van der Waals surface area contributed by atoms with Gasteiger partial charge >= 0.3 is 0 Å². The van der Waals surface area contributed by atoms with Crippen LogP contribution in [-0.2, 0) is 0 Å². The fraction of sp³-hybridized carbons (Fsp3) is 0.462. The van der Waals surface area contributed by atoms with Crippen molar-refractivity contribution in [2.45, 2.75) is 33.6 Å². The molecule has 0 heterocycles. The number of hydrogen-bond acceptors (Lipinski definition) is 1. The molecule has 0 aromatic heterocycles. The van der Waals surface area contributed by atoms with Crippen molar-refractivity contribution in [1.29, 1.82) is 0 Å². The van der Waals surface area contributed by atoms with Gasteiger partial charge in [0.2, 0.25) is 0 Å². The molecule has 1 heteroatoms. The molecule has 76 valence electrons. The molecule has 1 nitrogen and oxygen atoms in total. The van der Waals surface area contributed by atoms with Gasteiger partial charge in [0.1, 0.15) is 0 Å². The molecule has 0 atom stereocenters. The molecule has 0 radical (unpaired) electrons. The summed E-state index contributed by atoms with van der Waals surface area (Å²) in [4.78, 5) is 4.21. The zero-order valence-electron chi connectivity index (χ0n) is 9.76. The molecule has 1 aromatic carbocycles. The molecular weight excluding hydrogens is 170 g/mol. The maximum absolute atomic E-state index is 4.21. The molecule has 0 spiro atoms. The number of benzene rings is 1. The number of aryl methyl sites for hydroxylation is 1. The average molecular weight is 189 g/mol. The van der Waals surface area contributed by atoms with Gasteiger partial charge in [-0.05, 0) is 36.5 Å². The molecule has 14 heavy (non-hydrogen) atoms. The summed E-state index contributed by atoms with van der Waals surface area (Å²) >= 11 is 0. The molecule has 0 N–H and O–H groups in total. The van der Waals surface area contributed by atoms with Crippen LogP contribution in [0.1, 0.15) is 43.4 Å². The van der Waals surface area contributed by atoms with Crippen LogP contribution in [0, 0.1) is 6.92 Å².